The summed E-state index contributed by atoms with van der Waals surface area (Å²) in [4.78, 5) is 25.9. The molecule has 0 bridgehead atoms. The summed E-state index contributed by atoms with van der Waals surface area (Å²) < 4.78 is 0. The van der Waals surface area contributed by atoms with Crippen molar-refractivity contribution in [1.82, 2.24) is 5.32 Å². The second-order valence-corrected chi connectivity index (χ2v) is 5.83. The summed E-state index contributed by atoms with van der Waals surface area (Å²) in [6, 6.07) is 7.77. The van der Waals surface area contributed by atoms with E-state index in [4.69, 9.17) is 0 Å². The fraction of sp³-hybridized carbons (Fsp3) is 0.500. The predicted molar refractivity (Wildman–Crippen MR) is 82.2 cm³/mol. The van der Waals surface area contributed by atoms with Crippen molar-refractivity contribution < 1.29 is 9.59 Å². The van der Waals surface area contributed by atoms with Crippen LogP contribution in [0.2, 0.25) is 0 Å². The first-order valence-electron chi connectivity index (χ1n) is 7.60. The average Bonchev–Trinajstić information content (AvgIpc) is 3.07. The normalized spacial score (nSPS) is 25.4. The molecule has 0 saturated carbocycles. The quantitative estimate of drug-likeness (QED) is 0.890. The van der Waals surface area contributed by atoms with Crippen LogP contribution < -0.4 is 15.5 Å². The first kappa shape index (κ1) is 14.1. The van der Waals surface area contributed by atoms with Gasteiger partial charge >= 0.3 is 0 Å². The van der Waals surface area contributed by atoms with Gasteiger partial charge in [0.15, 0.2) is 0 Å². The Morgan fingerprint density at radius 1 is 1.43 bits per heavy atom. The van der Waals surface area contributed by atoms with Gasteiger partial charge in [-0.25, -0.2) is 0 Å². The minimum absolute atomic E-state index is 0.0158. The molecule has 0 aliphatic carbocycles. The molecule has 0 radical (unpaired) electrons. The standard InChI is InChI=1S/C16H21N3O2/c1-11-14(7-8-17-11)16(21)18-12-4-2-5-13(10-12)19-9-3-6-15(19)20/h2,4-5,10-11,14,17H,3,6-9H2,1H3,(H,18,21). The highest BCUT2D eigenvalue weighted by atomic mass is 16.2. The Morgan fingerprint density at radius 3 is 2.95 bits per heavy atom. The van der Waals surface area contributed by atoms with Crippen molar-refractivity contribution in [1.29, 1.82) is 0 Å². The molecule has 0 spiro atoms. The van der Waals surface area contributed by atoms with Crippen LogP contribution in [0.5, 0.6) is 0 Å². The molecule has 2 N–H and O–H groups in total. The van der Waals surface area contributed by atoms with E-state index in [1.165, 1.54) is 0 Å². The molecule has 3 rings (SSSR count). The summed E-state index contributed by atoms with van der Waals surface area (Å²) in [5, 5.41) is 6.26. The fourth-order valence-corrected chi connectivity index (χ4v) is 3.12. The lowest BCUT2D eigenvalue weighted by Gasteiger charge is -2.18. The first-order valence-corrected chi connectivity index (χ1v) is 7.60. The van der Waals surface area contributed by atoms with Crippen LogP contribution >= 0.6 is 0 Å². The van der Waals surface area contributed by atoms with E-state index >= 15 is 0 Å². The van der Waals surface area contributed by atoms with Crippen LogP contribution in [0.1, 0.15) is 26.2 Å². The van der Waals surface area contributed by atoms with Gasteiger partial charge in [0, 0.05) is 30.4 Å². The molecular weight excluding hydrogens is 266 g/mol. The average molecular weight is 287 g/mol. The summed E-state index contributed by atoms with van der Waals surface area (Å²) in [6.07, 6.45) is 2.39. The second-order valence-electron chi connectivity index (χ2n) is 5.83. The summed E-state index contributed by atoms with van der Waals surface area (Å²) in [5.74, 6) is 0.228. The monoisotopic (exact) mass is 287 g/mol. The Balaban J connectivity index is 1.71. The van der Waals surface area contributed by atoms with Gasteiger partial charge in [-0.15, -0.1) is 0 Å². The number of hydrogen-bond acceptors (Lipinski definition) is 3. The molecule has 2 aliphatic rings. The smallest absolute Gasteiger partial charge is 0.229 e. The lowest BCUT2D eigenvalue weighted by molar-refractivity contribution is -0.120. The summed E-state index contributed by atoms with van der Waals surface area (Å²) in [7, 11) is 0. The Kier molecular flexibility index (Phi) is 3.92. The fourth-order valence-electron chi connectivity index (χ4n) is 3.12. The molecule has 2 atom stereocenters. The van der Waals surface area contributed by atoms with Gasteiger partial charge in [0.2, 0.25) is 11.8 Å². The third-order valence-corrected chi connectivity index (χ3v) is 4.36. The van der Waals surface area contributed by atoms with Gasteiger partial charge in [0.1, 0.15) is 0 Å². The number of nitrogens with one attached hydrogen (secondary N) is 2. The zero-order valence-electron chi connectivity index (χ0n) is 12.3. The second kappa shape index (κ2) is 5.85. The number of carbonyl (C=O) groups is 2. The zero-order chi connectivity index (χ0) is 14.8. The van der Waals surface area contributed by atoms with Gasteiger partial charge in [0.25, 0.3) is 0 Å². The Hall–Kier alpha value is -1.88. The van der Waals surface area contributed by atoms with Crippen LogP contribution in [-0.4, -0.2) is 30.9 Å². The predicted octanol–water partition coefficient (Wildman–Crippen LogP) is 1.75. The number of rotatable bonds is 3. The highest BCUT2D eigenvalue weighted by molar-refractivity contribution is 5.97. The minimum Gasteiger partial charge on any atom is -0.326 e. The van der Waals surface area contributed by atoms with Crippen LogP contribution in [0.3, 0.4) is 0 Å². The van der Waals surface area contributed by atoms with E-state index in [2.05, 4.69) is 10.6 Å². The molecule has 2 unspecified atom stereocenters. The van der Waals surface area contributed by atoms with Gasteiger partial charge in [-0.3, -0.25) is 9.59 Å². The van der Waals surface area contributed by atoms with Crippen LogP contribution in [0.15, 0.2) is 24.3 Å². The van der Waals surface area contributed by atoms with Gasteiger partial charge < -0.3 is 15.5 Å². The molecule has 112 valence electrons. The maximum absolute atomic E-state index is 12.3. The largest absolute Gasteiger partial charge is 0.326 e. The van der Waals surface area contributed by atoms with Crippen LogP contribution in [0.25, 0.3) is 0 Å². The van der Waals surface area contributed by atoms with Gasteiger partial charge in [-0.2, -0.15) is 0 Å². The Labute approximate surface area is 124 Å². The van der Waals surface area contributed by atoms with E-state index in [0.717, 1.165) is 37.3 Å². The molecule has 1 aromatic rings. The topological polar surface area (TPSA) is 61.4 Å². The number of amides is 2. The maximum atomic E-state index is 12.3. The van der Waals surface area contributed by atoms with Gasteiger partial charge in [-0.05, 0) is 44.5 Å². The highest BCUT2D eigenvalue weighted by Crippen LogP contribution is 2.25. The minimum atomic E-state index is 0.0158. The van der Waals surface area contributed by atoms with Crippen molar-refractivity contribution in [3.05, 3.63) is 24.3 Å². The van der Waals surface area contributed by atoms with Crippen molar-refractivity contribution in [2.75, 3.05) is 23.3 Å². The number of nitrogens with zero attached hydrogens (tertiary/aromatic N) is 1. The van der Waals surface area contributed by atoms with E-state index in [1.807, 2.05) is 31.2 Å². The van der Waals surface area contributed by atoms with E-state index in [1.54, 1.807) is 4.90 Å². The summed E-state index contributed by atoms with van der Waals surface area (Å²) in [5.41, 5.74) is 1.63. The van der Waals surface area contributed by atoms with E-state index in [0.29, 0.717) is 6.42 Å². The van der Waals surface area contributed by atoms with E-state index in [9.17, 15) is 9.59 Å². The number of benzene rings is 1. The molecule has 2 fully saturated rings. The van der Waals surface area contributed by atoms with Crippen molar-refractivity contribution in [2.45, 2.75) is 32.2 Å². The maximum Gasteiger partial charge on any atom is 0.229 e. The molecule has 2 aliphatic heterocycles. The third kappa shape index (κ3) is 2.93. The van der Waals surface area contributed by atoms with Crippen LogP contribution in [0, 0.1) is 5.92 Å². The van der Waals surface area contributed by atoms with Crippen molar-refractivity contribution >= 4 is 23.2 Å². The molecule has 5 nitrogen and oxygen atoms in total. The zero-order valence-corrected chi connectivity index (χ0v) is 12.3. The molecule has 2 heterocycles. The molecule has 1 aromatic carbocycles. The Morgan fingerprint density at radius 2 is 2.29 bits per heavy atom. The number of hydrogen-bond donors (Lipinski definition) is 2. The van der Waals surface area contributed by atoms with Crippen molar-refractivity contribution in [2.24, 2.45) is 5.92 Å². The van der Waals surface area contributed by atoms with Gasteiger partial charge in [-0.1, -0.05) is 6.07 Å². The molecular formula is C16H21N3O2. The summed E-state index contributed by atoms with van der Waals surface area (Å²) >= 11 is 0. The number of anilines is 2. The third-order valence-electron chi connectivity index (χ3n) is 4.36. The van der Waals surface area contributed by atoms with Crippen molar-refractivity contribution in [3.8, 4) is 0 Å². The molecule has 2 saturated heterocycles. The SMILES string of the molecule is CC1NCCC1C(=O)Nc1cccc(N2CCCC2=O)c1. The van der Waals surface area contributed by atoms with E-state index in [-0.39, 0.29) is 23.8 Å². The van der Waals surface area contributed by atoms with Gasteiger partial charge in [0.05, 0.1) is 5.92 Å². The highest BCUT2D eigenvalue weighted by Gasteiger charge is 2.29. The summed E-state index contributed by atoms with van der Waals surface area (Å²) in [6.45, 7) is 3.69. The molecule has 5 heteroatoms. The number of carbonyl (C=O) groups excluding carboxylic acids is 2. The van der Waals surface area contributed by atoms with Crippen molar-refractivity contribution in [3.63, 3.8) is 0 Å². The lowest BCUT2D eigenvalue weighted by atomic mass is 10.0. The van der Waals surface area contributed by atoms with Crippen LogP contribution in [0.4, 0.5) is 11.4 Å². The first-order chi connectivity index (χ1) is 10.1. The van der Waals surface area contributed by atoms with Crippen LogP contribution in [-0.2, 0) is 9.59 Å². The molecule has 0 aromatic heterocycles. The molecule has 2 amide bonds. The Bertz CT molecular complexity index is 558. The van der Waals surface area contributed by atoms with E-state index < -0.39 is 0 Å². The lowest BCUT2D eigenvalue weighted by Crippen LogP contribution is -2.32. The molecule has 21 heavy (non-hydrogen) atoms.